The summed E-state index contributed by atoms with van der Waals surface area (Å²) in [7, 11) is 1.80. The molecule has 0 saturated heterocycles. The average molecular weight is 431 g/mol. The number of nitrogens with zero attached hydrogens (tertiary/aromatic N) is 4. The number of halogens is 1. The number of carbonyl (C=O) groups is 1. The quantitative estimate of drug-likeness (QED) is 0.441. The Bertz CT molecular complexity index is 1100. The predicted molar refractivity (Wildman–Crippen MR) is 111 cm³/mol. The number of hydrogen-bond acceptors (Lipinski definition) is 6. The fraction of sp³-hybridized carbons (Fsp3) is 0.333. The number of esters is 1. The Labute approximate surface area is 177 Å². The van der Waals surface area contributed by atoms with Crippen molar-refractivity contribution in [2.75, 3.05) is 0 Å². The summed E-state index contributed by atoms with van der Waals surface area (Å²) in [5, 5.41) is 4.44. The highest BCUT2D eigenvalue weighted by molar-refractivity contribution is 7.99. The van der Waals surface area contributed by atoms with Crippen molar-refractivity contribution in [2.45, 2.75) is 49.4 Å². The molecule has 7 nitrogen and oxygen atoms in total. The molecule has 1 aromatic carbocycles. The molecule has 3 aromatic rings. The van der Waals surface area contributed by atoms with E-state index >= 15 is 0 Å². The molecule has 2 heterocycles. The van der Waals surface area contributed by atoms with E-state index in [0.29, 0.717) is 22.0 Å². The standard InChI is InChI=1S/C21H23FN4O3S/c1-21(2,3)29-18(27)13-26-12-15(9-14-10-23-25(4)11-14)19(28)24-20(26)30-17-7-5-16(22)6-8-17/h5-8,10-12H,9,13H2,1-4H3. The number of hydrogen-bond donors (Lipinski definition) is 0. The van der Waals surface area contributed by atoms with Crippen molar-refractivity contribution in [1.82, 2.24) is 19.3 Å². The Morgan fingerprint density at radius 2 is 1.90 bits per heavy atom. The predicted octanol–water partition coefficient (Wildman–Crippen LogP) is 3.20. The van der Waals surface area contributed by atoms with E-state index in [0.717, 1.165) is 5.56 Å². The SMILES string of the molecule is Cn1cc(Cc2cn(CC(=O)OC(C)(C)C)c(Sc3ccc(F)cc3)nc2=O)cn1. The number of benzene rings is 1. The first-order valence-electron chi connectivity index (χ1n) is 9.32. The highest BCUT2D eigenvalue weighted by Crippen LogP contribution is 2.26. The van der Waals surface area contributed by atoms with Crippen LogP contribution in [0.3, 0.4) is 0 Å². The summed E-state index contributed by atoms with van der Waals surface area (Å²) in [6.07, 6.45) is 5.46. The van der Waals surface area contributed by atoms with Crippen LogP contribution in [0.25, 0.3) is 0 Å². The lowest BCUT2D eigenvalue weighted by molar-refractivity contribution is -0.155. The Hall–Kier alpha value is -2.94. The Morgan fingerprint density at radius 1 is 1.20 bits per heavy atom. The lowest BCUT2D eigenvalue weighted by atomic mass is 10.1. The van der Waals surface area contributed by atoms with Crippen LogP contribution in [0.1, 0.15) is 31.9 Å². The maximum atomic E-state index is 13.2. The van der Waals surface area contributed by atoms with Gasteiger partial charge in [0.1, 0.15) is 18.0 Å². The molecule has 0 aliphatic heterocycles. The van der Waals surface area contributed by atoms with Gasteiger partial charge in [-0.1, -0.05) is 11.8 Å². The first-order valence-corrected chi connectivity index (χ1v) is 10.1. The molecule has 2 aromatic heterocycles. The second-order valence-electron chi connectivity index (χ2n) is 7.82. The molecule has 0 fully saturated rings. The van der Waals surface area contributed by atoms with E-state index in [2.05, 4.69) is 10.1 Å². The number of aromatic nitrogens is 4. The molecule has 0 radical (unpaired) electrons. The van der Waals surface area contributed by atoms with E-state index < -0.39 is 11.6 Å². The van der Waals surface area contributed by atoms with Crippen LogP contribution in [-0.2, 0) is 29.5 Å². The van der Waals surface area contributed by atoms with Gasteiger partial charge < -0.3 is 9.30 Å². The van der Waals surface area contributed by atoms with Gasteiger partial charge in [-0.05, 0) is 50.6 Å². The lowest BCUT2D eigenvalue weighted by Crippen LogP contribution is -2.28. The number of aryl methyl sites for hydroxylation is 1. The van der Waals surface area contributed by atoms with E-state index in [1.165, 1.54) is 23.9 Å². The molecule has 3 rings (SSSR count). The largest absolute Gasteiger partial charge is 0.459 e. The highest BCUT2D eigenvalue weighted by atomic mass is 32.2. The van der Waals surface area contributed by atoms with E-state index in [4.69, 9.17) is 4.74 Å². The Morgan fingerprint density at radius 3 is 2.50 bits per heavy atom. The summed E-state index contributed by atoms with van der Waals surface area (Å²) in [5.74, 6) is -0.800. The van der Waals surface area contributed by atoms with Crippen LogP contribution in [0.5, 0.6) is 0 Å². The maximum absolute atomic E-state index is 13.2. The molecule has 0 unspecified atom stereocenters. The van der Waals surface area contributed by atoms with E-state index in [1.807, 2.05) is 6.20 Å². The topological polar surface area (TPSA) is 79.0 Å². The van der Waals surface area contributed by atoms with Gasteiger partial charge in [-0.25, -0.2) is 4.39 Å². The summed E-state index contributed by atoms with van der Waals surface area (Å²) in [4.78, 5) is 29.9. The molecular weight excluding hydrogens is 407 g/mol. The zero-order chi connectivity index (χ0) is 21.9. The second kappa shape index (κ2) is 8.83. The summed E-state index contributed by atoms with van der Waals surface area (Å²) >= 11 is 1.18. The molecule has 0 N–H and O–H groups in total. The van der Waals surface area contributed by atoms with Crippen LogP contribution in [0.2, 0.25) is 0 Å². The van der Waals surface area contributed by atoms with Crippen LogP contribution in [0.4, 0.5) is 4.39 Å². The molecule has 0 aliphatic carbocycles. The molecule has 0 bridgehead atoms. The van der Waals surface area contributed by atoms with Crippen molar-refractivity contribution in [2.24, 2.45) is 7.05 Å². The zero-order valence-corrected chi connectivity index (χ0v) is 18.1. The number of ether oxygens (including phenoxy) is 1. The van der Waals surface area contributed by atoms with Gasteiger partial charge in [-0.2, -0.15) is 10.1 Å². The first kappa shape index (κ1) is 21.8. The van der Waals surface area contributed by atoms with Gasteiger partial charge in [0.05, 0.1) is 6.20 Å². The lowest BCUT2D eigenvalue weighted by Gasteiger charge is -2.21. The molecule has 0 atom stereocenters. The van der Waals surface area contributed by atoms with Gasteiger partial charge in [0.15, 0.2) is 5.16 Å². The van der Waals surface area contributed by atoms with E-state index in [9.17, 15) is 14.0 Å². The molecule has 30 heavy (non-hydrogen) atoms. The van der Waals surface area contributed by atoms with Crippen LogP contribution < -0.4 is 5.56 Å². The zero-order valence-electron chi connectivity index (χ0n) is 17.3. The van der Waals surface area contributed by atoms with Crippen LogP contribution in [0, 0.1) is 5.82 Å². The molecule has 0 aliphatic rings. The molecule has 9 heteroatoms. The first-order chi connectivity index (χ1) is 14.1. The van der Waals surface area contributed by atoms with Crippen molar-refractivity contribution < 1.29 is 13.9 Å². The fourth-order valence-electron chi connectivity index (χ4n) is 2.74. The van der Waals surface area contributed by atoms with Crippen molar-refractivity contribution in [3.05, 3.63) is 70.2 Å². The normalized spacial score (nSPS) is 11.5. The summed E-state index contributed by atoms with van der Waals surface area (Å²) in [6.45, 7) is 5.26. The summed E-state index contributed by atoms with van der Waals surface area (Å²) < 4.78 is 21.9. The summed E-state index contributed by atoms with van der Waals surface area (Å²) in [5.41, 5.74) is 0.282. The second-order valence-corrected chi connectivity index (χ2v) is 8.86. The molecule has 0 amide bonds. The van der Waals surface area contributed by atoms with E-state index in [-0.39, 0.29) is 17.9 Å². The molecule has 158 valence electrons. The van der Waals surface area contributed by atoms with Gasteiger partial charge in [0.2, 0.25) is 0 Å². The van der Waals surface area contributed by atoms with Crippen molar-refractivity contribution in [1.29, 1.82) is 0 Å². The monoisotopic (exact) mass is 430 g/mol. The smallest absolute Gasteiger partial charge is 0.326 e. The Kier molecular flexibility index (Phi) is 6.40. The van der Waals surface area contributed by atoms with Gasteiger partial charge >= 0.3 is 5.97 Å². The third kappa shape index (κ3) is 6.03. The highest BCUT2D eigenvalue weighted by Gasteiger charge is 2.19. The minimum atomic E-state index is -0.633. The van der Waals surface area contributed by atoms with Crippen molar-refractivity contribution >= 4 is 17.7 Å². The minimum absolute atomic E-state index is 0.103. The van der Waals surface area contributed by atoms with Crippen LogP contribution in [0.15, 0.2) is 57.7 Å². The molecule has 0 spiro atoms. The molecule has 0 saturated carbocycles. The summed E-state index contributed by atoms with van der Waals surface area (Å²) in [6, 6.07) is 5.84. The van der Waals surface area contributed by atoms with Crippen molar-refractivity contribution in [3.8, 4) is 0 Å². The van der Waals surface area contributed by atoms with Crippen LogP contribution in [-0.4, -0.2) is 30.9 Å². The van der Waals surface area contributed by atoms with Crippen LogP contribution >= 0.6 is 11.8 Å². The Balaban J connectivity index is 1.94. The van der Waals surface area contributed by atoms with Gasteiger partial charge in [0.25, 0.3) is 5.56 Å². The third-order valence-electron chi connectivity index (χ3n) is 3.92. The number of carbonyl (C=O) groups excluding carboxylic acids is 1. The maximum Gasteiger partial charge on any atom is 0.326 e. The van der Waals surface area contributed by atoms with Gasteiger partial charge in [-0.15, -0.1) is 0 Å². The average Bonchev–Trinajstić information content (AvgIpc) is 3.04. The number of rotatable bonds is 6. The fourth-order valence-corrected chi connectivity index (χ4v) is 3.59. The van der Waals surface area contributed by atoms with Gasteiger partial charge in [-0.3, -0.25) is 14.3 Å². The minimum Gasteiger partial charge on any atom is -0.459 e. The van der Waals surface area contributed by atoms with Gasteiger partial charge in [0, 0.05) is 36.3 Å². The van der Waals surface area contributed by atoms with E-state index in [1.54, 1.807) is 61.6 Å². The van der Waals surface area contributed by atoms with Crippen molar-refractivity contribution in [3.63, 3.8) is 0 Å². The third-order valence-corrected chi connectivity index (χ3v) is 4.94. The molecular formula is C21H23FN4O3S.